The van der Waals surface area contributed by atoms with Crippen molar-refractivity contribution in [3.63, 3.8) is 0 Å². The van der Waals surface area contributed by atoms with Gasteiger partial charge in [-0.15, -0.1) is 0 Å². The first-order valence-electron chi connectivity index (χ1n) is 6.22. The largest absolute Gasteiger partial charge is 0.0925 e. The normalized spacial score (nSPS) is 12.4. The van der Waals surface area contributed by atoms with Gasteiger partial charge >= 0.3 is 0 Å². The molecule has 3 heteroatoms. The Labute approximate surface area is 132 Å². The third-order valence-corrected chi connectivity index (χ3v) is 4.47. The number of rotatable bonds is 5. The summed E-state index contributed by atoms with van der Waals surface area (Å²) in [5.41, 5.74) is 2.60. The van der Waals surface area contributed by atoms with Crippen molar-refractivity contribution in [3.8, 4) is 0 Å². The Kier molecular flexibility index (Phi) is 5.75. The number of hydrogen-bond donors (Lipinski definition) is 0. The lowest BCUT2D eigenvalue weighted by atomic mass is 9.94. The standard InChI is InChI=1S/C16H15BrCl2/c17-11-14(8-12-4-6-15(18)7-5-12)9-13-2-1-3-16(19)10-13/h1-7,10,14H,8-9,11H2. The van der Waals surface area contributed by atoms with E-state index >= 15 is 0 Å². The number of alkyl halides is 1. The van der Waals surface area contributed by atoms with E-state index in [2.05, 4.69) is 34.1 Å². The van der Waals surface area contributed by atoms with Crippen molar-refractivity contribution < 1.29 is 0 Å². The van der Waals surface area contributed by atoms with E-state index < -0.39 is 0 Å². The number of benzene rings is 2. The van der Waals surface area contributed by atoms with Gasteiger partial charge in [0, 0.05) is 15.4 Å². The lowest BCUT2D eigenvalue weighted by Crippen LogP contribution is -2.09. The first-order valence-corrected chi connectivity index (χ1v) is 8.10. The maximum Gasteiger partial charge on any atom is 0.0408 e. The van der Waals surface area contributed by atoms with Crippen molar-refractivity contribution >= 4 is 39.1 Å². The molecule has 2 rings (SSSR count). The maximum absolute atomic E-state index is 6.02. The van der Waals surface area contributed by atoms with Crippen LogP contribution in [0, 0.1) is 5.92 Å². The minimum Gasteiger partial charge on any atom is -0.0925 e. The summed E-state index contributed by atoms with van der Waals surface area (Å²) in [6.45, 7) is 0. The van der Waals surface area contributed by atoms with Gasteiger partial charge in [0.15, 0.2) is 0 Å². The van der Waals surface area contributed by atoms with Crippen molar-refractivity contribution in [1.29, 1.82) is 0 Å². The van der Waals surface area contributed by atoms with Gasteiger partial charge in [0.05, 0.1) is 0 Å². The zero-order chi connectivity index (χ0) is 13.7. The molecule has 0 aliphatic carbocycles. The minimum atomic E-state index is 0.555. The molecule has 2 aromatic carbocycles. The van der Waals surface area contributed by atoms with Gasteiger partial charge in [-0.25, -0.2) is 0 Å². The van der Waals surface area contributed by atoms with Crippen LogP contribution in [0.4, 0.5) is 0 Å². The van der Waals surface area contributed by atoms with Gasteiger partial charge in [-0.3, -0.25) is 0 Å². The Morgan fingerprint density at radius 3 is 2.16 bits per heavy atom. The van der Waals surface area contributed by atoms with Crippen molar-refractivity contribution in [2.45, 2.75) is 12.8 Å². The second kappa shape index (κ2) is 7.33. The quantitative estimate of drug-likeness (QED) is 0.594. The Bertz CT molecular complexity index is 523. The molecule has 0 aromatic heterocycles. The first-order chi connectivity index (χ1) is 9.17. The molecule has 0 saturated heterocycles. The number of halogens is 3. The predicted molar refractivity (Wildman–Crippen MR) is 87.6 cm³/mol. The van der Waals surface area contributed by atoms with Gasteiger partial charge in [0.1, 0.15) is 0 Å². The summed E-state index contributed by atoms with van der Waals surface area (Å²) in [4.78, 5) is 0. The van der Waals surface area contributed by atoms with Crippen molar-refractivity contribution in [2.24, 2.45) is 5.92 Å². The highest BCUT2D eigenvalue weighted by molar-refractivity contribution is 9.09. The van der Waals surface area contributed by atoms with E-state index in [1.807, 2.05) is 30.3 Å². The molecule has 19 heavy (non-hydrogen) atoms. The fourth-order valence-electron chi connectivity index (χ4n) is 2.13. The van der Waals surface area contributed by atoms with Crippen LogP contribution in [-0.2, 0) is 12.8 Å². The van der Waals surface area contributed by atoms with E-state index in [9.17, 15) is 0 Å². The van der Waals surface area contributed by atoms with Gasteiger partial charge in [0.2, 0.25) is 0 Å². The van der Waals surface area contributed by atoms with Gasteiger partial charge in [-0.05, 0) is 54.2 Å². The van der Waals surface area contributed by atoms with Crippen LogP contribution in [0.25, 0.3) is 0 Å². The van der Waals surface area contributed by atoms with Crippen LogP contribution in [0.5, 0.6) is 0 Å². The van der Waals surface area contributed by atoms with Gasteiger partial charge < -0.3 is 0 Å². The highest BCUT2D eigenvalue weighted by Gasteiger charge is 2.10. The number of hydrogen-bond acceptors (Lipinski definition) is 0. The Hall–Kier alpha value is -0.500. The molecular weight excluding hydrogens is 343 g/mol. The van der Waals surface area contributed by atoms with E-state index in [4.69, 9.17) is 23.2 Å². The lowest BCUT2D eigenvalue weighted by Gasteiger charge is -2.14. The third kappa shape index (κ3) is 4.83. The van der Waals surface area contributed by atoms with Gasteiger partial charge in [-0.1, -0.05) is 63.4 Å². The van der Waals surface area contributed by atoms with Crippen LogP contribution < -0.4 is 0 Å². The predicted octanol–water partition coefficient (Wildman–Crippen LogP) is 5.79. The van der Waals surface area contributed by atoms with E-state index in [1.165, 1.54) is 11.1 Å². The molecule has 0 spiro atoms. The summed E-state index contributed by atoms with van der Waals surface area (Å²) in [6, 6.07) is 16.2. The summed E-state index contributed by atoms with van der Waals surface area (Å²) in [5.74, 6) is 0.555. The molecule has 0 bridgehead atoms. The van der Waals surface area contributed by atoms with E-state index in [1.54, 1.807) is 0 Å². The monoisotopic (exact) mass is 356 g/mol. The maximum atomic E-state index is 6.02. The molecule has 0 aliphatic heterocycles. The van der Waals surface area contributed by atoms with Crippen LogP contribution in [-0.4, -0.2) is 5.33 Å². The van der Waals surface area contributed by atoms with Gasteiger partial charge in [-0.2, -0.15) is 0 Å². The summed E-state index contributed by atoms with van der Waals surface area (Å²) in [6.07, 6.45) is 2.06. The van der Waals surface area contributed by atoms with Crippen LogP contribution >= 0.6 is 39.1 Å². The highest BCUT2D eigenvalue weighted by atomic mass is 79.9. The molecule has 0 amide bonds. The second-order valence-electron chi connectivity index (χ2n) is 4.68. The SMILES string of the molecule is Clc1ccc(CC(CBr)Cc2cccc(Cl)c2)cc1. The molecule has 0 N–H and O–H groups in total. The van der Waals surface area contributed by atoms with Gasteiger partial charge in [0.25, 0.3) is 0 Å². The van der Waals surface area contributed by atoms with Crippen molar-refractivity contribution in [3.05, 3.63) is 69.7 Å². The molecule has 0 fully saturated rings. The Morgan fingerprint density at radius 2 is 1.53 bits per heavy atom. The van der Waals surface area contributed by atoms with Crippen molar-refractivity contribution in [1.82, 2.24) is 0 Å². The fourth-order valence-corrected chi connectivity index (χ4v) is 2.93. The molecular formula is C16H15BrCl2. The summed E-state index contributed by atoms with van der Waals surface area (Å²) in [7, 11) is 0. The molecule has 0 nitrogen and oxygen atoms in total. The van der Waals surface area contributed by atoms with E-state index in [0.717, 1.165) is 28.2 Å². The van der Waals surface area contributed by atoms with Crippen molar-refractivity contribution in [2.75, 3.05) is 5.33 Å². The molecule has 1 atom stereocenters. The molecule has 0 aliphatic rings. The molecule has 100 valence electrons. The highest BCUT2D eigenvalue weighted by Crippen LogP contribution is 2.20. The third-order valence-electron chi connectivity index (χ3n) is 3.07. The molecule has 1 unspecified atom stereocenters. The average Bonchev–Trinajstić information content (AvgIpc) is 2.40. The zero-order valence-corrected chi connectivity index (χ0v) is 13.5. The summed E-state index contributed by atoms with van der Waals surface area (Å²) in [5, 5.41) is 2.56. The second-order valence-corrected chi connectivity index (χ2v) is 6.21. The van der Waals surface area contributed by atoms with Crippen LogP contribution in [0.2, 0.25) is 10.0 Å². The molecule has 0 saturated carbocycles. The Balaban J connectivity index is 2.02. The molecule has 0 heterocycles. The van der Waals surface area contributed by atoms with Crippen LogP contribution in [0.15, 0.2) is 48.5 Å². The Morgan fingerprint density at radius 1 is 0.842 bits per heavy atom. The average molecular weight is 358 g/mol. The summed E-state index contributed by atoms with van der Waals surface area (Å²) < 4.78 is 0. The van der Waals surface area contributed by atoms with E-state index in [0.29, 0.717) is 5.92 Å². The molecule has 0 radical (unpaired) electrons. The summed E-state index contributed by atoms with van der Waals surface area (Å²) >= 11 is 15.5. The zero-order valence-electron chi connectivity index (χ0n) is 10.5. The minimum absolute atomic E-state index is 0.555. The van der Waals surface area contributed by atoms with Crippen LogP contribution in [0.1, 0.15) is 11.1 Å². The van der Waals surface area contributed by atoms with Crippen LogP contribution in [0.3, 0.4) is 0 Å². The van der Waals surface area contributed by atoms with E-state index in [-0.39, 0.29) is 0 Å². The fraction of sp³-hybridized carbons (Fsp3) is 0.250. The lowest BCUT2D eigenvalue weighted by molar-refractivity contribution is 0.591. The smallest absolute Gasteiger partial charge is 0.0408 e. The topological polar surface area (TPSA) is 0 Å². The molecule has 2 aromatic rings. The first kappa shape index (κ1) is 14.9.